The molecule has 0 saturated carbocycles. The Morgan fingerprint density at radius 2 is 1.42 bits per heavy atom. The highest BCUT2D eigenvalue weighted by Gasteiger charge is 2.36. The minimum atomic E-state index is -0.567. The first-order valence-corrected chi connectivity index (χ1v) is 14.2. The van der Waals surface area contributed by atoms with Gasteiger partial charge in [0.2, 0.25) is 6.29 Å². The van der Waals surface area contributed by atoms with E-state index in [1.165, 1.54) is 56.1 Å². The molecule has 200 valence electrons. The Kier molecular flexibility index (Phi) is 13.6. The van der Waals surface area contributed by atoms with Crippen LogP contribution in [-0.4, -0.2) is 36.9 Å². The molecule has 0 heterocycles. The van der Waals surface area contributed by atoms with Crippen LogP contribution in [0.2, 0.25) is 0 Å². The van der Waals surface area contributed by atoms with Gasteiger partial charge in [-0.3, -0.25) is 0 Å². The lowest BCUT2D eigenvalue weighted by atomic mass is 10.0. The van der Waals surface area contributed by atoms with Crippen molar-refractivity contribution in [1.82, 2.24) is 0 Å². The summed E-state index contributed by atoms with van der Waals surface area (Å²) in [4.78, 5) is 13.3. The van der Waals surface area contributed by atoms with Crippen LogP contribution in [0.3, 0.4) is 0 Å². The van der Waals surface area contributed by atoms with E-state index in [2.05, 4.69) is 59.1 Å². The van der Waals surface area contributed by atoms with Crippen molar-refractivity contribution in [2.24, 2.45) is 0 Å². The Morgan fingerprint density at radius 3 is 2.03 bits per heavy atom. The molecule has 2 aromatic carbocycles. The normalized spacial score (nSPS) is 13.2. The number of benzene rings is 2. The first kappa shape index (κ1) is 29.9. The van der Waals surface area contributed by atoms with Gasteiger partial charge in [0.05, 0.1) is 14.1 Å². The number of carbonyl (C=O) groups is 1. The fourth-order valence-electron chi connectivity index (χ4n) is 4.87. The van der Waals surface area contributed by atoms with Crippen molar-refractivity contribution in [3.63, 3.8) is 0 Å². The van der Waals surface area contributed by atoms with Crippen molar-refractivity contribution in [1.29, 1.82) is 0 Å². The molecule has 0 amide bonds. The van der Waals surface area contributed by atoms with Crippen LogP contribution in [0.25, 0.3) is 0 Å². The third-order valence-electron chi connectivity index (χ3n) is 6.97. The summed E-state index contributed by atoms with van der Waals surface area (Å²) >= 11 is 0. The Bertz CT molecular complexity index is 847. The standard InChI is InChI=1S/C32H50NO3/c1-6-9-10-11-12-13-15-19-27-22-24-29(25-23-27)35-31(18-7-2)36-32(34)30(8-3)33(4,5)26-28-20-16-14-17-21-28/h14,16-17,20-25,30-31H,6-13,15,18-19,26H2,1-5H3/q+1. The molecule has 0 radical (unpaired) electrons. The molecule has 0 N–H and O–H groups in total. The first-order valence-electron chi connectivity index (χ1n) is 14.2. The van der Waals surface area contributed by atoms with Crippen molar-refractivity contribution in [3.05, 3.63) is 65.7 Å². The Hall–Kier alpha value is -2.33. The Labute approximate surface area is 220 Å². The molecule has 2 rings (SSSR count). The third-order valence-corrected chi connectivity index (χ3v) is 6.97. The number of hydrogen-bond acceptors (Lipinski definition) is 3. The first-order chi connectivity index (χ1) is 17.4. The minimum Gasteiger partial charge on any atom is -0.455 e. The fraction of sp³-hybridized carbons (Fsp3) is 0.594. The fourth-order valence-corrected chi connectivity index (χ4v) is 4.87. The molecule has 2 aromatic rings. The summed E-state index contributed by atoms with van der Waals surface area (Å²) in [6.07, 6.45) is 12.1. The molecule has 0 bridgehead atoms. The van der Waals surface area contributed by atoms with Gasteiger partial charge in [-0.15, -0.1) is 0 Å². The molecular weight excluding hydrogens is 446 g/mol. The van der Waals surface area contributed by atoms with E-state index in [0.717, 1.165) is 25.1 Å². The van der Waals surface area contributed by atoms with E-state index in [9.17, 15) is 4.79 Å². The summed E-state index contributed by atoms with van der Waals surface area (Å²) in [7, 11) is 4.20. The van der Waals surface area contributed by atoms with Crippen LogP contribution in [0.4, 0.5) is 0 Å². The van der Waals surface area contributed by atoms with Gasteiger partial charge < -0.3 is 14.0 Å². The predicted molar refractivity (Wildman–Crippen MR) is 150 cm³/mol. The second kappa shape index (κ2) is 16.4. The van der Waals surface area contributed by atoms with Gasteiger partial charge >= 0.3 is 5.97 Å². The van der Waals surface area contributed by atoms with Gasteiger partial charge in [0.15, 0.2) is 6.04 Å². The van der Waals surface area contributed by atoms with Crippen LogP contribution < -0.4 is 4.74 Å². The lowest BCUT2D eigenvalue weighted by Gasteiger charge is -2.36. The third kappa shape index (κ3) is 10.7. The molecule has 4 nitrogen and oxygen atoms in total. The van der Waals surface area contributed by atoms with Crippen LogP contribution in [0.5, 0.6) is 5.75 Å². The number of rotatable bonds is 18. The van der Waals surface area contributed by atoms with Crippen molar-refractivity contribution >= 4 is 5.97 Å². The van der Waals surface area contributed by atoms with Gasteiger partial charge in [0, 0.05) is 18.4 Å². The lowest BCUT2D eigenvalue weighted by Crippen LogP contribution is -2.53. The van der Waals surface area contributed by atoms with E-state index >= 15 is 0 Å². The summed E-state index contributed by atoms with van der Waals surface area (Å²) in [5, 5.41) is 0. The molecule has 0 aliphatic heterocycles. The predicted octanol–water partition coefficient (Wildman–Crippen LogP) is 8.08. The van der Waals surface area contributed by atoms with Crippen molar-refractivity contribution in [2.75, 3.05) is 14.1 Å². The van der Waals surface area contributed by atoms with Crippen LogP contribution in [0.15, 0.2) is 54.6 Å². The van der Waals surface area contributed by atoms with Gasteiger partial charge in [0.1, 0.15) is 12.3 Å². The maximum Gasteiger partial charge on any atom is 0.368 e. The van der Waals surface area contributed by atoms with Gasteiger partial charge in [0.25, 0.3) is 0 Å². The summed E-state index contributed by atoms with van der Waals surface area (Å²) in [6, 6.07) is 18.4. The lowest BCUT2D eigenvalue weighted by molar-refractivity contribution is -0.919. The zero-order chi connectivity index (χ0) is 26.2. The highest BCUT2D eigenvalue weighted by atomic mass is 16.7. The van der Waals surface area contributed by atoms with Crippen LogP contribution in [0.1, 0.15) is 96.1 Å². The number of nitrogens with zero attached hydrogens (tertiary/aromatic N) is 1. The molecule has 2 atom stereocenters. The van der Waals surface area contributed by atoms with E-state index in [0.29, 0.717) is 17.3 Å². The zero-order valence-corrected chi connectivity index (χ0v) is 23.5. The van der Waals surface area contributed by atoms with Gasteiger partial charge in [-0.2, -0.15) is 0 Å². The van der Waals surface area contributed by atoms with Gasteiger partial charge in [-0.25, -0.2) is 4.79 Å². The molecule has 4 heteroatoms. The van der Waals surface area contributed by atoms with Crippen molar-refractivity contribution in [3.8, 4) is 5.75 Å². The van der Waals surface area contributed by atoms with E-state index < -0.39 is 6.29 Å². The minimum absolute atomic E-state index is 0.188. The van der Waals surface area contributed by atoms with Crippen molar-refractivity contribution < 1.29 is 18.8 Å². The SMILES string of the molecule is CCCCCCCCCc1ccc(OC(CCC)OC(=O)C(CC)[N+](C)(C)Cc2ccccc2)cc1. The quantitative estimate of drug-likeness (QED) is 0.0905. The van der Waals surface area contributed by atoms with Gasteiger partial charge in [-0.05, 0) is 37.0 Å². The molecule has 0 fully saturated rings. The van der Waals surface area contributed by atoms with E-state index in [1.807, 2.05) is 30.3 Å². The molecule has 0 aromatic heterocycles. The maximum atomic E-state index is 13.3. The summed E-state index contributed by atoms with van der Waals surface area (Å²) in [5.74, 6) is 0.572. The largest absolute Gasteiger partial charge is 0.455 e. The van der Waals surface area contributed by atoms with E-state index in [1.54, 1.807) is 0 Å². The van der Waals surface area contributed by atoms with Crippen molar-refractivity contribution in [2.45, 2.75) is 110 Å². The molecule has 0 spiro atoms. The Morgan fingerprint density at radius 1 is 0.778 bits per heavy atom. The number of ether oxygens (including phenoxy) is 2. The monoisotopic (exact) mass is 496 g/mol. The van der Waals surface area contributed by atoms with E-state index in [4.69, 9.17) is 9.47 Å². The average Bonchev–Trinajstić information content (AvgIpc) is 2.85. The molecule has 2 unspecified atom stereocenters. The van der Waals surface area contributed by atoms with E-state index in [-0.39, 0.29) is 12.0 Å². The number of aryl methyl sites for hydroxylation is 1. The Balaban J connectivity index is 1.88. The molecule has 0 aliphatic rings. The molecule has 0 aliphatic carbocycles. The van der Waals surface area contributed by atoms with Crippen LogP contribution >= 0.6 is 0 Å². The highest BCUT2D eigenvalue weighted by molar-refractivity contribution is 5.74. The maximum absolute atomic E-state index is 13.3. The van der Waals surface area contributed by atoms with Crippen LogP contribution in [-0.2, 0) is 22.5 Å². The average molecular weight is 497 g/mol. The molecule has 36 heavy (non-hydrogen) atoms. The topological polar surface area (TPSA) is 35.5 Å². The molecule has 0 saturated heterocycles. The number of likely N-dealkylation sites (N-methyl/N-ethyl adjacent to an activating group) is 1. The molecular formula is C32H50NO3+. The summed E-state index contributed by atoms with van der Waals surface area (Å²) < 4.78 is 12.6. The second-order valence-electron chi connectivity index (χ2n) is 10.6. The summed E-state index contributed by atoms with van der Waals surface area (Å²) in [5.41, 5.74) is 2.55. The number of hydrogen-bond donors (Lipinski definition) is 0. The number of quaternary nitrogens is 1. The second-order valence-corrected chi connectivity index (χ2v) is 10.6. The smallest absolute Gasteiger partial charge is 0.368 e. The summed E-state index contributed by atoms with van der Waals surface area (Å²) in [6.45, 7) is 7.17. The number of esters is 1. The van der Waals surface area contributed by atoms with Gasteiger partial charge in [-0.1, -0.05) is 102 Å². The number of unbranched alkanes of at least 4 members (excludes halogenated alkanes) is 6. The van der Waals surface area contributed by atoms with Crippen LogP contribution in [0, 0.1) is 0 Å². The zero-order valence-electron chi connectivity index (χ0n) is 23.5. The highest BCUT2D eigenvalue weighted by Crippen LogP contribution is 2.22. The number of carbonyl (C=O) groups excluding carboxylic acids is 1.